The van der Waals surface area contributed by atoms with E-state index in [0.29, 0.717) is 16.4 Å². The average Bonchev–Trinajstić information content (AvgIpc) is 2.70. The van der Waals surface area contributed by atoms with Gasteiger partial charge in [0.15, 0.2) is 5.82 Å². The van der Waals surface area contributed by atoms with Crippen LogP contribution in [0.5, 0.6) is 0 Å². The molecule has 0 fully saturated rings. The Morgan fingerprint density at radius 2 is 2.29 bits per heavy atom. The number of benzene rings is 1. The maximum Gasteiger partial charge on any atom is 0.202 e. The highest BCUT2D eigenvalue weighted by atomic mass is 35.5. The quantitative estimate of drug-likeness (QED) is 0.787. The van der Waals surface area contributed by atoms with Crippen LogP contribution in [-0.4, -0.2) is 15.3 Å². The Morgan fingerprint density at radius 3 is 2.94 bits per heavy atom. The first-order chi connectivity index (χ1) is 8.08. The van der Waals surface area contributed by atoms with Crippen molar-refractivity contribution in [3.63, 3.8) is 0 Å². The highest BCUT2D eigenvalue weighted by Crippen LogP contribution is 2.18. The van der Waals surface area contributed by atoms with E-state index in [1.165, 1.54) is 18.2 Å². The number of halogens is 2. The topological polar surface area (TPSA) is 34.9 Å². The number of carbonyl (C=O) groups excluding carboxylic acids is 1. The third-order valence-electron chi connectivity index (χ3n) is 2.43. The first kappa shape index (κ1) is 11.8. The molecule has 0 spiro atoms. The van der Waals surface area contributed by atoms with Gasteiger partial charge in [0, 0.05) is 30.9 Å². The third-order valence-corrected chi connectivity index (χ3v) is 2.80. The second-order valence-electron chi connectivity index (χ2n) is 3.70. The van der Waals surface area contributed by atoms with Crippen molar-refractivity contribution in [2.75, 3.05) is 0 Å². The zero-order valence-electron chi connectivity index (χ0n) is 9.15. The summed E-state index contributed by atoms with van der Waals surface area (Å²) in [5, 5.41) is 0.383. The molecule has 0 bridgehead atoms. The molecule has 88 valence electrons. The predicted octanol–water partition coefficient (Wildman–Crippen LogP) is 2.64. The van der Waals surface area contributed by atoms with E-state index in [9.17, 15) is 9.18 Å². The van der Waals surface area contributed by atoms with E-state index in [4.69, 9.17) is 11.6 Å². The van der Waals surface area contributed by atoms with Crippen molar-refractivity contribution < 1.29 is 9.18 Å². The monoisotopic (exact) mass is 252 g/mol. The lowest BCUT2D eigenvalue weighted by Crippen LogP contribution is -2.10. The molecule has 0 amide bonds. The van der Waals surface area contributed by atoms with Crippen molar-refractivity contribution in [1.29, 1.82) is 0 Å². The van der Waals surface area contributed by atoms with Crippen molar-refractivity contribution >= 4 is 17.4 Å². The Bertz CT molecular complexity index is 565. The number of imidazole rings is 1. The third kappa shape index (κ3) is 2.53. The van der Waals surface area contributed by atoms with Gasteiger partial charge in [-0.2, -0.15) is 0 Å². The minimum absolute atomic E-state index is 0.0431. The number of hydrogen-bond donors (Lipinski definition) is 0. The molecule has 0 aliphatic heterocycles. The molecule has 0 radical (unpaired) electrons. The lowest BCUT2D eigenvalue weighted by molar-refractivity contribution is 0.0980. The summed E-state index contributed by atoms with van der Waals surface area (Å²) in [6.45, 7) is 0. The van der Waals surface area contributed by atoms with Crippen LogP contribution in [0, 0.1) is 5.82 Å². The fourth-order valence-corrected chi connectivity index (χ4v) is 1.75. The Hall–Kier alpha value is -1.68. The fourth-order valence-electron chi connectivity index (χ4n) is 1.57. The van der Waals surface area contributed by atoms with Gasteiger partial charge in [-0.1, -0.05) is 11.6 Å². The van der Waals surface area contributed by atoms with Gasteiger partial charge >= 0.3 is 0 Å². The molecule has 0 saturated heterocycles. The van der Waals surface area contributed by atoms with Gasteiger partial charge in [-0.15, -0.1) is 0 Å². The van der Waals surface area contributed by atoms with E-state index in [1.807, 2.05) is 0 Å². The van der Waals surface area contributed by atoms with Gasteiger partial charge in [-0.25, -0.2) is 9.37 Å². The van der Waals surface area contributed by atoms with Crippen molar-refractivity contribution in [2.45, 2.75) is 6.42 Å². The predicted molar refractivity (Wildman–Crippen MR) is 62.7 cm³/mol. The molecule has 0 unspecified atom stereocenters. The van der Waals surface area contributed by atoms with Gasteiger partial charge in [0.1, 0.15) is 5.82 Å². The minimum atomic E-state index is -0.406. The molecular formula is C12H10ClFN2O. The van der Waals surface area contributed by atoms with Crippen molar-refractivity contribution in [1.82, 2.24) is 9.55 Å². The molecule has 0 saturated carbocycles. The van der Waals surface area contributed by atoms with Gasteiger partial charge in [0.25, 0.3) is 0 Å². The summed E-state index contributed by atoms with van der Waals surface area (Å²) in [7, 11) is 1.73. The Kier molecular flexibility index (Phi) is 3.24. The number of ketones is 1. The molecule has 1 heterocycles. The SMILES string of the molecule is Cn1ccnc1C(=O)Cc1cc(F)ccc1Cl. The summed E-state index contributed by atoms with van der Waals surface area (Å²) >= 11 is 5.90. The first-order valence-electron chi connectivity index (χ1n) is 5.02. The number of hydrogen-bond acceptors (Lipinski definition) is 2. The highest BCUT2D eigenvalue weighted by Gasteiger charge is 2.14. The van der Waals surface area contributed by atoms with Crippen LogP contribution in [0.25, 0.3) is 0 Å². The van der Waals surface area contributed by atoms with E-state index >= 15 is 0 Å². The zero-order chi connectivity index (χ0) is 12.4. The summed E-state index contributed by atoms with van der Waals surface area (Å²) in [5.74, 6) is -0.257. The van der Waals surface area contributed by atoms with Gasteiger partial charge in [0.05, 0.1) is 0 Å². The van der Waals surface area contributed by atoms with Gasteiger partial charge in [-0.3, -0.25) is 4.79 Å². The van der Waals surface area contributed by atoms with Crippen LogP contribution in [0.15, 0.2) is 30.6 Å². The summed E-state index contributed by atoms with van der Waals surface area (Å²) in [6.07, 6.45) is 3.27. The van der Waals surface area contributed by atoms with E-state index in [0.717, 1.165) is 0 Å². The van der Waals surface area contributed by atoms with E-state index < -0.39 is 5.82 Å². The minimum Gasteiger partial charge on any atom is -0.332 e. The standard InChI is InChI=1S/C12H10ClFN2O/c1-16-5-4-15-12(16)11(17)7-8-6-9(14)2-3-10(8)13/h2-6H,7H2,1H3. The van der Waals surface area contributed by atoms with Crippen molar-refractivity contribution in [3.8, 4) is 0 Å². The number of carbonyl (C=O) groups is 1. The molecule has 0 atom stereocenters. The normalized spacial score (nSPS) is 10.5. The number of Topliss-reactive ketones (excluding diaryl/α,β-unsaturated/α-hetero) is 1. The molecule has 0 N–H and O–H groups in total. The molecule has 2 rings (SSSR count). The van der Waals surface area contributed by atoms with E-state index in [1.54, 1.807) is 24.0 Å². The largest absolute Gasteiger partial charge is 0.332 e. The number of rotatable bonds is 3. The van der Waals surface area contributed by atoms with E-state index in [-0.39, 0.29) is 12.2 Å². The maximum absolute atomic E-state index is 13.0. The molecule has 3 nitrogen and oxygen atoms in total. The van der Waals surface area contributed by atoms with Crippen molar-refractivity contribution in [3.05, 3.63) is 52.8 Å². The second-order valence-corrected chi connectivity index (χ2v) is 4.10. The summed E-state index contributed by atoms with van der Waals surface area (Å²) in [4.78, 5) is 15.8. The number of aryl methyl sites for hydroxylation is 1. The van der Waals surface area contributed by atoms with Gasteiger partial charge < -0.3 is 4.57 Å². The average molecular weight is 253 g/mol. The van der Waals surface area contributed by atoms with Crippen LogP contribution in [0.1, 0.15) is 16.2 Å². The van der Waals surface area contributed by atoms with Crippen LogP contribution in [0.2, 0.25) is 5.02 Å². The van der Waals surface area contributed by atoms with Crippen LogP contribution in [-0.2, 0) is 13.5 Å². The van der Waals surface area contributed by atoms with E-state index in [2.05, 4.69) is 4.98 Å². The molecule has 0 aliphatic rings. The summed E-state index contributed by atoms with van der Waals surface area (Å²) in [5.41, 5.74) is 0.472. The lowest BCUT2D eigenvalue weighted by atomic mass is 10.1. The zero-order valence-corrected chi connectivity index (χ0v) is 9.91. The molecule has 2 aromatic rings. The van der Waals surface area contributed by atoms with Crippen LogP contribution >= 0.6 is 11.6 Å². The lowest BCUT2D eigenvalue weighted by Gasteiger charge is -2.04. The van der Waals surface area contributed by atoms with Crippen LogP contribution < -0.4 is 0 Å². The van der Waals surface area contributed by atoms with Gasteiger partial charge in [0.2, 0.25) is 5.78 Å². The van der Waals surface area contributed by atoms with Crippen LogP contribution in [0.3, 0.4) is 0 Å². The second kappa shape index (κ2) is 4.67. The molecule has 17 heavy (non-hydrogen) atoms. The Morgan fingerprint density at radius 1 is 1.53 bits per heavy atom. The Labute approximate surface area is 103 Å². The number of aromatic nitrogens is 2. The van der Waals surface area contributed by atoms with Crippen LogP contribution in [0.4, 0.5) is 4.39 Å². The molecule has 1 aromatic heterocycles. The highest BCUT2D eigenvalue weighted by molar-refractivity contribution is 6.31. The van der Waals surface area contributed by atoms with Crippen molar-refractivity contribution in [2.24, 2.45) is 7.05 Å². The summed E-state index contributed by atoms with van der Waals surface area (Å²) < 4.78 is 14.6. The molecule has 5 heteroatoms. The fraction of sp³-hybridized carbons (Fsp3) is 0.167. The maximum atomic E-state index is 13.0. The first-order valence-corrected chi connectivity index (χ1v) is 5.40. The molecule has 0 aliphatic carbocycles. The number of nitrogens with zero attached hydrogens (tertiary/aromatic N) is 2. The molecular weight excluding hydrogens is 243 g/mol. The summed E-state index contributed by atoms with van der Waals surface area (Å²) in [6, 6.07) is 3.97. The Balaban J connectivity index is 2.24. The van der Waals surface area contributed by atoms with Gasteiger partial charge in [-0.05, 0) is 23.8 Å². The molecule has 1 aromatic carbocycles. The smallest absolute Gasteiger partial charge is 0.202 e.